The van der Waals surface area contributed by atoms with E-state index in [0.29, 0.717) is 35.6 Å². The van der Waals surface area contributed by atoms with Crippen molar-refractivity contribution in [1.29, 1.82) is 0 Å². The fraction of sp³-hybridized carbons (Fsp3) is 0.208. The number of hydrogen-bond acceptors (Lipinski definition) is 5. The smallest absolute Gasteiger partial charge is 0.277 e. The number of amides is 1. The highest BCUT2D eigenvalue weighted by atomic mass is 19.1. The molecule has 0 radical (unpaired) electrons. The summed E-state index contributed by atoms with van der Waals surface area (Å²) in [4.78, 5) is 19.8. The van der Waals surface area contributed by atoms with Crippen LogP contribution in [0, 0.1) is 5.82 Å². The molecule has 3 heterocycles. The number of carbonyl (C=O) groups excluding carboxylic acids is 1. The quantitative estimate of drug-likeness (QED) is 0.682. The van der Waals surface area contributed by atoms with Gasteiger partial charge in [0.15, 0.2) is 0 Å². The van der Waals surface area contributed by atoms with Gasteiger partial charge in [0.25, 0.3) is 5.91 Å². The zero-order valence-electron chi connectivity index (χ0n) is 16.9. The lowest BCUT2D eigenvalue weighted by Gasteiger charge is -2.24. The summed E-state index contributed by atoms with van der Waals surface area (Å²) in [6.07, 6.45) is 3.12. The van der Waals surface area contributed by atoms with Gasteiger partial charge < -0.3 is 15.8 Å². The average molecular weight is 418 g/mol. The first kappa shape index (κ1) is 21.0. The van der Waals surface area contributed by atoms with E-state index in [2.05, 4.69) is 27.4 Å². The molecule has 158 valence electrons. The second-order valence-corrected chi connectivity index (χ2v) is 7.17. The molecule has 1 amide bonds. The van der Waals surface area contributed by atoms with Crippen molar-refractivity contribution >= 4 is 28.1 Å². The number of rotatable bonds is 3. The number of halogens is 1. The van der Waals surface area contributed by atoms with Crippen LogP contribution in [0.1, 0.15) is 17.2 Å². The number of pyridine rings is 1. The van der Waals surface area contributed by atoms with Gasteiger partial charge in [0.05, 0.1) is 29.5 Å². The number of para-hydroxylation sites is 1. The lowest BCUT2D eigenvalue weighted by Crippen LogP contribution is -2.33. The zero-order valence-corrected chi connectivity index (χ0v) is 16.9. The van der Waals surface area contributed by atoms with Crippen LogP contribution in [0.4, 0.5) is 4.39 Å². The molecule has 1 aromatic heterocycles. The predicted octanol–water partition coefficient (Wildman–Crippen LogP) is 3.04. The van der Waals surface area contributed by atoms with E-state index in [0.717, 1.165) is 12.1 Å². The number of carbonyl (C=O) groups is 1. The summed E-state index contributed by atoms with van der Waals surface area (Å²) in [7, 11) is 0. The molecule has 0 bridgehead atoms. The predicted molar refractivity (Wildman–Crippen MR) is 119 cm³/mol. The number of aromatic nitrogens is 1. The third-order valence-corrected chi connectivity index (χ3v) is 5.09. The summed E-state index contributed by atoms with van der Waals surface area (Å²) in [6.45, 7) is 2.11. The Bertz CT molecular complexity index is 1090. The highest BCUT2D eigenvalue weighted by Crippen LogP contribution is 2.27. The second-order valence-electron chi connectivity index (χ2n) is 7.17. The Balaban J connectivity index is 0.000000192. The van der Waals surface area contributed by atoms with Crippen molar-refractivity contribution in [1.82, 2.24) is 10.3 Å². The number of nitrogens with one attached hydrogen (secondary N) is 1. The van der Waals surface area contributed by atoms with E-state index in [1.165, 1.54) is 11.5 Å². The Labute approximate surface area is 179 Å². The van der Waals surface area contributed by atoms with Gasteiger partial charge in [0, 0.05) is 36.8 Å². The van der Waals surface area contributed by atoms with Crippen molar-refractivity contribution in [3.8, 4) is 0 Å². The molecule has 7 heteroatoms. The number of fused-ring (bicyclic) bond motifs is 1. The van der Waals surface area contributed by atoms with Gasteiger partial charge in [0.1, 0.15) is 5.82 Å². The monoisotopic (exact) mass is 418 g/mol. The molecule has 0 spiro atoms. The van der Waals surface area contributed by atoms with E-state index in [9.17, 15) is 9.18 Å². The maximum absolute atomic E-state index is 14.3. The van der Waals surface area contributed by atoms with Crippen molar-refractivity contribution in [2.75, 3.05) is 26.2 Å². The Kier molecular flexibility index (Phi) is 6.57. The van der Waals surface area contributed by atoms with Gasteiger partial charge in [-0.25, -0.2) is 9.38 Å². The van der Waals surface area contributed by atoms with Crippen LogP contribution in [0.15, 0.2) is 71.9 Å². The second kappa shape index (κ2) is 9.70. The minimum atomic E-state index is -0.379. The van der Waals surface area contributed by atoms with Crippen LogP contribution >= 0.6 is 0 Å². The average Bonchev–Trinajstić information content (AvgIpc) is 3.21. The van der Waals surface area contributed by atoms with Crippen LogP contribution < -0.4 is 11.1 Å². The largest absolute Gasteiger partial charge is 0.371 e. The molecule has 2 aromatic carbocycles. The van der Waals surface area contributed by atoms with Crippen LogP contribution in [0.5, 0.6) is 0 Å². The molecule has 1 atom stereocenters. The van der Waals surface area contributed by atoms with Crippen molar-refractivity contribution < 1.29 is 13.9 Å². The summed E-state index contributed by atoms with van der Waals surface area (Å²) in [5.41, 5.74) is 8.42. The van der Waals surface area contributed by atoms with Crippen molar-refractivity contribution in [2.45, 2.75) is 6.10 Å². The van der Waals surface area contributed by atoms with Gasteiger partial charge >= 0.3 is 0 Å². The molecule has 5 rings (SSSR count). The molecule has 0 unspecified atom stereocenters. The van der Waals surface area contributed by atoms with Gasteiger partial charge in [-0.3, -0.25) is 9.78 Å². The molecule has 2 aliphatic rings. The Morgan fingerprint density at radius 3 is 2.71 bits per heavy atom. The molecule has 3 aromatic rings. The summed E-state index contributed by atoms with van der Waals surface area (Å²) in [5, 5.41) is 4.36. The first-order valence-corrected chi connectivity index (χ1v) is 10.1. The van der Waals surface area contributed by atoms with Crippen LogP contribution in [0.3, 0.4) is 0 Å². The number of ether oxygens (including phenoxy) is 1. The molecule has 6 nitrogen and oxygen atoms in total. The highest BCUT2D eigenvalue weighted by molar-refractivity contribution is 6.33. The van der Waals surface area contributed by atoms with Crippen molar-refractivity contribution in [2.24, 2.45) is 10.7 Å². The number of benzene rings is 2. The number of nitrogens with two attached hydrogens (primary N) is 1. The van der Waals surface area contributed by atoms with Gasteiger partial charge in [0.2, 0.25) is 0 Å². The van der Waals surface area contributed by atoms with Crippen molar-refractivity contribution in [3.63, 3.8) is 0 Å². The molecule has 2 aliphatic heterocycles. The topological polar surface area (TPSA) is 89.6 Å². The molecule has 31 heavy (non-hydrogen) atoms. The maximum atomic E-state index is 14.3. The SMILES string of the molecule is NCC1=NC(=O)C(c2ccc([C@H]3CNCCO3)c(F)c2)=C1.c1ccc2ncccc2c1. The number of aliphatic imine (C=N–C) groups is 1. The lowest BCUT2D eigenvalue weighted by molar-refractivity contribution is -0.112. The molecule has 0 saturated carbocycles. The van der Waals surface area contributed by atoms with Crippen LogP contribution in [0.2, 0.25) is 0 Å². The number of hydrogen-bond donors (Lipinski definition) is 2. The summed E-state index contributed by atoms with van der Waals surface area (Å²) in [5.74, 6) is -0.755. The minimum Gasteiger partial charge on any atom is -0.371 e. The van der Waals surface area contributed by atoms with E-state index in [1.54, 1.807) is 18.2 Å². The third-order valence-electron chi connectivity index (χ3n) is 5.09. The molecular weight excluding hydrogens is 395 g/mol. The summed E-state index contributed by atoms with van der Waals surface area (Å²) in [6, 6.07) is 16.8. The Morgan fingerprint density at radius 1 is 1.16 bits per heavy atom. The van der Waals surface area contributed by atoms with E-state index >= 15 is 0 Å². The molecular formula is C24H23FN4O2. The van der Waals surface area contributed by atoms with Gasteiger partial charge in [-0.2, -0.15) is 0 Å². The zero-order chi connectivity index (χ0) is 21.6. The fourth-order valence-electron chi connectivity index (χ4n) is 3.50. The van der Waals surface area contributed by atoms with Gasteiger partial charge in [-0.15, -0.1) is 0 Å². The minimum absolute atomic E-state index is 0.192. The van der Waals surface area contributed by atoms with Crippen LogP contribution in [-0.4, -0.2) is 42.8 Å². The number of nitrogens with zero attached hydrogens (tertiary/aromatic N) is 2. The summed E-state index contributed by atoms with van der Waals surface area (Å²) < 4.78 is 19.8. The fourth-order valence-corrected chi connectivity index (χ4v) is 3.50. The van der Waals surface area contributed by atoms with E-state index < -0.39 is 0 Å². The lowest BCUT2D eigenvalue weighted by atomic mass is 10.00. The third kappa shape index (κ3) is 4.91. The van der Waals surface area contributed by atoms with E-state index in [-0.39, 0.29) is 24.4 Å². The maximum Gasteiger partial charge on any atom is 0.277 e. The first-order chi connectivity index (χ1) is 15.2. The van der Waals surface area contributed by atoms with Gasteiger partial charge in [-0.05, 0) is 29.8 Å². The summed E-state index contributed by atoms with van der Waals surface area (Å²) >= 11 is 0. The Hall–Kier alpha value is -3.26. The Morgan fingerprint density at radius 2 is 2.00 bits per heavy atom. The highest BCUT2D eigenvalue weighted by Gasteiger charge is 2.23. The molecule has 1 fully saturated rings. The van der Waals surface area contributed by atoms with Gasteiger partial charge in [-0.1, -0.05) is 36.4 Å². The molecule has 3 N–H and O–H groups in total. The standard InChI is InChI=1S/C15H16FN3O2.C9H7N/c16-13-5-9(12-6-10(7-17)19-15(12)20)1-2-11(13)14-8-18-3-4-21-14;1-2-6-9-8(4-1)5-3-7-10-9/h1-2,5-6,14,18H,3-4,7-8,17H2;1-7H/t14-;/m1./s1. The van der Waals surface area contributed by atoms with Crippen LogP contribution in [0.25, 0.3) is 16.5 Å². The molecule has 1 saturated heterocycles. The number of morpholine rings is 1. The van der Waals surface area contributed by atoms with E-state index in [1.807, 2.05) is 30.5 Å². The molecule has 0 aliphatic carbocycles. The first-order valence-electron chi connectivity index (χ1n) is 10.1. The van der Waals surface area contributed by atoms with E-state index in [4.69, 9.17) is 10.5 Å². The normalized spacial score (nSPS) is 18.3. The van der Waals surface area contributed by atoms with Crippen molar-refractivity contribution in [3.05, 3.63) is 83.8 Å². The van der Waals surface area contributed by atoms with Crippen LogP contribution in [-0.2, 0) is 9.53 Å².